The van der Waals surface area contributed by atoms with Crippen LogP contribution < -0.4 is 10.1 Å². The number of hydrogen-bond donors (Lipinski definition) is 1. The molecule has 1 saturated carbocycles. The van der Waals surface area contributed by atoms with Crippen LogP contribution in [0, 0.1) is 0 Å². The van der Waals surface area contributed by atoms with Crippen molar-refractivity contribution in [2.75, 3.05) is 27.2 Å². The zero-order valence-corrected chi connectivity index (χ0v) is 11.4. The van der Waals surface area contributed by atoms with E-state index in [4.69, 9.17) is 4.74 Å². The van der Waals surface area contributed by atoms with Crippen LogP contribution in [0.15, 0.2) is 18.3 Å². The summed E-state index contributed by atoms with van der Waals surface area (Å²) in [6.45, 7) is 2.67. The fraction of sp³-hybridized carbons (Fsp3) is 0.643. The van der Waals surface area contributed by atoms with Gasteiger partial charge in [-0.2, -0.15) is 0 Å². The van der Waals surface area contributed by atoms with Gasteiger partial charge < -0.3 is 15.0 Å². The number of aromatic nitrogens is 1. The molecular formula is C14H23N3O. The Bertz CT molecular complexity index is 364. The van der Waals surface area contributed by atoms with E-state index < -0.39 is 0 Å². The Hall–Kier alpha value is -1.13. The minimum atomic E-state index is 0.719. The molecule has 1 aliphatic rings. The molecule has 0 radical (unpaired) electrons. The third-order valence-corrected chi connectivity index (χ3v) is 2.96. The molecule has 0 atom stereocenters. The van der Waals surface area contributed by atoms with Gasteiger partial charge in [0.1, 0.15) is 5.75 Å². The van der Waals surface area contributed by atoms with Crippen molar-refractivity contribution in [3.05, 3.63) is 24.0 Å². The Balaban J connectivity index is 1.71. The van der Waals surface area contributed by atoms with Crippen LogP contribution in [-0.2, 0) is 6.54 Å². The summed E-state index contributed by atoms with van der Waals surface area (Å²) in [7, 11) is 4.15. The van der Waals surface area contributed by atoms with Crippen LogP contribution in [0.3, 0.4) is 0 Å². The van der Waals surface area contributed by atoms with Gasteiger partial charge in [0.25, 0.3) is 0 Å². The van der Waals surface area contributed by atoms with Crippen LogP contribution in [0.5, 0.6) is 5.75 Å². The third kappa shape index (κ3) is 5.02. The summed E-state index contributed by atoms with van der Waals surface area (Å²) in [5.74, 6) is 0.927. The second-order valence-electron chi connectivity index (χ2n) is 5.14. The molecule has 18 heavy (non-hydrogen) atoms. The molecule has 0 amide bonds. The van der Waals surface area contributed by atoms with Crippen molar-refractivity contribution in [2.24, 2.45) is 0 Å². The van der Waals surface area contributed by atoms with Crippen LogP contribution in [0.25, 0.3) is 0 Å². The highest BCUT2D eigenvalue weighted by atomic mass is 16.5. The van der Waals surface area contributed by atoms with E-state index >= 15 is 0 Å². The van der Waals surface area contributed by atoms with Crippen molar-refractivity contribution in [3.8, 4) is 5.75 Å². The van der Waals surface area contributed by atoms with Gasteiger partial charge >= 0.3 is 0 Å². The summed E-state index contributed by atoms with van der Waals surface area (Å²) in [5.41, 5.74) is 1.06. The van der Waals surface area contributed by atoms with Crippen LogP contribution in [0.4, 0.5) is 0 Å². The van der Waals surface area contributed by atoms with Crippen LogP contribution >= 0.6 is 0 Å². The van der Waals surface area contributed by atoms with Crippen LogP contribution in [-0.4, -0.2) is 43.2 Å². The van der Waals surface area contributed by atoms with E-state index in [-0.39, 0.29) is 0 Å². The lowest BCUT2D eigenvalue weighted by Gasteiger charge is -2.11. The highest BCUT2D eigenvalue weighted by molar-refractivity contribution is 5.22. The average Bonchev–Trinajstić information content (AvgIpc) is 3.17. The highest BCUT2D eigenvalue weighted by Gasteiger charge is 2.20. The predicted molar refractivity (Wildman–Crippen MR) is 72.8 cm³/mol. The molecule has 1 aliphatic carbocycles. The topological polar surface area (TPSA) is 37.4 Å². The molecule has 2 rings (SSSR count). The van der Waals surface area contributed by atoms with Gasteiger partial charge in [0, 0.05) is 31.4 Å². The molecule has 1 aromatic rings. The van der Waals surface area contributed by atoms with Gasteiger partial charge in [0.15, 0.2) is 0 Å². The molecule has 4 heteroatoms. The minimum Gasteiger partial charge on any atom is -0.493 e. The maximum atomic E-state index is 5.73. The Kier molecular flexibility index (Phi) is 4.96. The van der Waals surface area contributed by atoms with Gasteiger partial charge in [-0.1, -0.05) is 0 Å². The molecular weight excluding hydrogens is 226 g/mol. The summed E-state index contributed by atoms with van der Waals surface area (Å²) in [4.78, 5) is 6.51. The van der Waals surface area contributed by atoms with E-state index in [1.54, 1.807) is 0 Å². The van der Waals surface area contributed by atoms with E-state index in [1.165, 1.54) is 12.8 Å². The molecule has 0 aromatic carbocycles. The Labute approximate surface area is 109 Å². The molecule has 1 fully saturated rings. The summed E-state index contributed by atoms with van der Waals surface area (Å²) in [6.07, 6.45) is 5.48. The maximum absolute atomic E-state index is 5.73. The fourth-order valence-electron chi connectivity index (χ4n) is 1.75. The number of pyridine rings is 1. The molecule has 1 aromatic heterocycles. The molecule has 0 saturated heterocycles. The standard InChI is InChI=1S/C14H23N3O/c1-17(2)8-3-9-18-14-6-7-15-13(10-14)11-16-12-4-5-12/h6-7,10,12,16H,3-5,8-9,11H2,1-2H3. The SMILES string of the molecule is CN(C)CCCOc1ccnc(CNC2CC2)c1. The zero-order valence-electron chi connectivity index (χ0n) is 11.4. The third-order valence-electron chi connectivity index (χ3n) is 2.96. The van der Waals surface area contributed by atoms with Crippen molar-refractivity contribution in [1.29, 1.82) is 0 Å². The van der Waals surface area contributed by atoms with Gasteiger partial charge in [-0.3, -0.25) is 4.98 Å². The molecule has 100 valence electrons. The fourth-order valence-corrected chi connectivity index (χ4v) is 1.75. The molecule has 0 bridgehead atoms. The molecule has 1 heterocycles. The number of rotatable bonds is 8. The summed E-state index contributed by atoms with van der Waals surface area (Å²) in [6, 6.07) is 4.68. The van der Waals surface area contributed by atoms with Crippen molar-refractivity contribution >= 4 is 0 Å². The number of hydrogen-bond acceptors (Lipinski definition) is 4. The van der Waals surface area contributed by atoms with Gasteiger partial charge in [-0.25, -0.2) is 0 Å². The van der Waals surface area contributed by atoms with Gasteiger partial charge in [0.2, 0.25) is 0 Å². The lowest BCUT2D eigenvalue weighted by Crippen LogP contribution is -2.16. The molecule has 0 spiro atoms. The van der Waals surface area contributed by atoms with E-state index in [0.29, 0.717) is 0 Å². The Morgan fingerprint density at radius 1 is 1.44 bits per heavy atom. The van der Waals surface area contributed by atoms with Crippen molar-refractivity contribution in [1.82, 2.24) is 15.2 Å². The molecule has 0 unspecified atom stereocenters. The summed E-state index contributed by atoms with van der Waals surface area (Å²) < 4.78 is 5.73. The normalized spacial score (nSPS) is 15.1. The highest BCUT2D eigenvalue weighted by Crippen LogP contribution is 2.19. The quantitative estimate of drug-likeness (QED) is 0.711. The Morgan fingerprint density at radius 3 is 3.00 bits per heavy atom. The van der Waals surface area contributed by atoms with E-state index in [1.807, 2.05) is 18.3 Å². The first-order valence-corrected chi connectivity index (χ1v) is 6.70. The lowest BCUT2D eigenvalue weighted by molar-refractivity contribution is 0.281. The van der Waals surface area contributed by atoms with Crippen LogP contribution in [0.2, 0.25) is 0 Å². The number of nitrogens with zero attached hydrogens (tertiary/aromatic N) is 2. The number of ether oxygens (including phenoxy) is 1. The van der Waals surface area contributed by atoms with Gasteiger partial charge in [0.05, 0.1) is 12.3 Å². The molecule has 4 nitrogen and oxygen atoms in total. The minimum absolute atomic E-state index is 0.719. The summed E-state index contributed by atoms with van der Waals surface area (Å²) >= 11 is 0. The van der Waals surface area contributed by atoms with E-state index in [0.717, 1.165) is 43.6 Å². The van der Waals surface area contributed by atoms with Gasteiger partial charge in [-0.05, 0) is 39.4 Å². The van der Waals surface area contributed by atoms with Crippen molar-refractivity contribution in [3.63, 3.8) is 0 Å². The first kappa shape index (κ1) is 13.3. The smallest absolute Gasteiger partial charge is 0.122 e. The average molecular weight is 249 g/mol. The lowest BCUT2D eigenvalue weighted by atomic mass is 10.3. The largest absolute Gasteiger partial charge is 0.493 e. The predicted octanol–water partition coefficient (Wildman–Crippen LogP) is 1.66. The first-order chi connectivity index (χ1) is 8.74. The number of nitrogens with one attached hydrogen (secondary N) is 1. The molecule has 0 aliphatic heterocycles. The maximum Gasteiger partial charge on any atom is 0.122 e. The second-order valence-corrected chi connectivity index (χ2v) is 5.14. The Morgan fingerprint density at radius 2 is 2.28 bits per heavy atom. The zero-order chi connectivity index (χ0) is 12.8. The van der Waals surface area contributed by atoms with Crippen molar-refractivity contribution < 1.29 is 4.74 Å². The summed E-state index contributed by atoms with van der Waals surface area (Å²) in [5, 5.41) is 3.46. The van der Waals surface area contributed by atoms with Crippen molar-refractivity contribution in [2.45, 2.75) is 31.8 Å². The molecule has 1 N–H and O–H groups in total. The van der Waals surface area contributed by atoms with Crippen LogP contribution in [0.1, 0.15) is 25.0 Å². The second kappa shape index (κ2) is 6.71. The monoisotopic (exact) mass is 249 g/mol. The van der Waals surface area contributed by atoms with E-state index in [2.05, 4.69) is 29.3 Å². The van der Waals surface area contributed by atoms with E-state index in [9.17, 15) is 0 Å². The van der Waals surface area contributed by atoms with Gasteiger partial charge in [-0.15, -0.1) is 0 Å². The first-order valence-electron chi connectivity index (χ1n) is 6.70.